The summed E-state index contributed by atoms with van der Waals surface area (Å²) in [5.74, 6) is 0.697. The van der Waals surface area contributed by atoms with E-state index >= 15 is 0 Å². The Morgan fingerprint density at radius 2 is 2.06 bits per heavy atom. The fourth-order valence-corrected chi connectivity index (χ4v) is 3.94. The van der Waals surface area contributed by atoms with Gasteiger partial charge >= 0.3 is 5.97 Å². The summed E-state index contributed by atoms with van der Waals surface area (Å²) in [6.07, 6.45) is 5.98. The Balaban J connectivity index is 1.90. The first-order valence-corrected chi connectivity index (χ1v) is 7.31. The van der Waals surface area contributed by atoms with E-state index in [0.29, 0.717) is 18.4 Å². The Morgan fingerprint density at radius 1 is 1.33 bits per heavy atom. The van der Waals surface area contributed by atoms with E-state index in [0.717, 1.165) is 25.2 Å². The molecule has 0 saturated heterocycles. The van der Waals surface area contributed by atoms with Crippen LogP contribution in [0.4, 0.5) is 0 Å². The largest absolute Gasteiger partial charge is 0.462 e. The van der Waals surface area contributed by atoms with E-state index in [-0.39, 0.29) is 17.5 Å². The minimum Gasteiger partial charge on any atom is -0.462 e. The minimum atomic E-state index is -0.0296. The zero-order valence-corrected chi connectivity index (χ0v) is 12.0. The molecule has 2 aliphatic rings. The molecule has 0 amide bonds. The fraction of sp³-hybridized carbons (Fsp3) is 0.933. The summed E-state index contributed by atoms with van der Waals surface area (Å²) in [5, 5.41) is 0. The molecule has 0 radical (unpaired) electrons. The van der Waals surface area contributed by atoms with E-state index in [1.165, 1.54) is 12.8 Å². The highest BCUT2D eigenvalue weighted by Gasteiger charge is 2.62. The van der Waals surface area contributed by atoms with Gasteiger partial charge in [-0.3, -0.25) is 4.79 Å². The maximum atomic E-state index is 11.8. The Bertz CT molecular complexity index is 326. The average Bonchev–Trinajstić information content (AvgIpc) is 2.62. The predicted octanol–water partition coefficient (Wildman–Crippen LogP) is 2.87. The molecule has 3 heteroatoms. The van der Waals surface area contributed by atoms with Crippen LogP contribution in [0.5, 0.6) is 0 Å². The van der Waals surface area contributed by atoms with Crippen molar-refractivity contribution < 1.29 is 9.53 Å². The van der Waals surface area contributed by atoms with Crippen molar-refractivity contribution in [1.29, 1.82) is 0 Å². The van der Waals surface area contributed by atoms with E-state index in [9.17, 15) is 4.79 Å². The minimum absolute atomic E-state index is 0.0296. The molecule has 2 aliphatic carbocycles. The summed E-state index contributed by atoms with van der Waals surface area (Å²) < 4.78 is 5.75. The van der Waals surface area contributed by atoms with E-state index in [1.54, 1.807) is 0 Å². The molecular formula is C15H27NO2. The Kier molecular flexibility index (Phi) is 3.72. The SMILES string of the molecule is CC1(C)C2CCC1(C)C(OC(=O)CCCCN)C2. The zero-order chi connectivity index (χ0) is 13.4. The second-order valence-electron chi connectivity index (χ2n) is 6.83. The molecule has 0 spiro atoms. The molecule has 2 bridgehead atoms. The standard InChI is InChI=1S/C15H27NO2/c1-14(2)11-7-8-15(14,3)12(10-11)18-13(17)6-4-5-9-16/h11-12H,4-10,16H2,1-3H3. The Morgan fingerprint density at radius 3 is 2.56 bits per heavy atom. The third kappa shape index (κ3) is 2.07. The third-order valence-corrected chi connectivity index (χ3v) is 5.82. The van der Waals surface area contributed by atoms with Gasteiger partial charge in [0.25, 0.3) is 0 Å². The zero-order valence-electron chi connectivity index (χ0n) is 12.0. The lowest BCUT2D eigenvalue weighted by Crippen LogP contribution is -2.38. The summed E-state index contributed by atoms with van der Waals surface area (Å²) in [6, 6.07) is 0. The highest BCUT2D eigenvalue weighted by molar-refractivity contribution is 5.69. The summed E-state index contributed by atoms with van der Waals surface area (Å²) in [7, 11) is 0. The first-order valence-electron chi connectivity index (χ1n) is 7.31. The predicted molar refractivity (Wildman–Crippen MR) is 72.0 cm³/mol. The quantitative estimate of drug-likeness (QED) is 0.605. The van der Waals surface area contributed by atoms with Crippen LogP contribution in [0.2, 0.25) is 0 Å². The van der Waals surface area contributed by atoms with Crippen LogP contribution in [0.1, 0.15) is 59.3 Å². The Labute approximate surface area is 110 Å². The van der Waals surface area contributed by atoms with Gasteiger partial charge in [-0.1, -0.05) is 20.8 Å². The number of rotatable bonds is 5. The number of ether oxygens (including phenoxy) is 1. The number of unbranched alkanes of at least 4 members (excludes halogenated alkanes) is 1. The molecular weight excluding hydrogens is 226 g/mol. The molecule has 0 aromatic rings. The fourth-order valence-electron chi connectivity index (χ4n) is 3.94. The van der Waals surface area contributed by atoms with Crippen LogP contribution in [-0.2, 0) is 9.53 Å². The lowest BCUT2D eigenvalue weighted by atomic mass is 9.70. The van der Waals surface area contributed by atoms with E-state index < -0.39 is 0 Å². The van der Waals surface area contributed by atoms with Crippen LogP contribution in [-0.4, -0.2) is 18.6 Å². The first kappa shape index (κ1) is 13.9. The van der Waals surface area contributed by atoms with Crippen LogP contribution < -0.4 is 5.73 Å². The van der Waals surface area contributed by atoms with Crippen LogP contribution in [0.25, 0.3) is 0 Å². The second-order valence-corrected chi connectivity index (χ2v) is 6.83. The molecule has 0 heterocycles. The first-order chi connectivity index (χ1) is 8.41. The van der Waals surface area contributed by atoms with Gasteiger partial charge in [0.2, 0.25) is 0 Å². The van der Waals surface area contributed by atoms with Crippen molar-refractivity contribution in [2.24, 2.45) is 22.5 Å². The number of esters is 1. The van der Waals surface area contributed by atoms with Crippen LogP contribution in [0.15, 0.2) is 0 Å². The number of carbonyl (C=O) groups is 1. The van der Waals surface area contributed by atoms with Gasteiger partial charge in [0.15, 0.2) is 0 Å². The number of nitrogens with two attached hydrogens (primary N) is 1. The summed E-state index contributed by atoms with van der Waals surface area (Å²) in [6.45, 7) is 7.64. The van der Waals surface area contributed by atoms with Gasteiger partial charge in [0.05, 0.1) is 0 Å². The van der Waals surface area contributed by atoms with Crippen molar-refractivity contribution in [3.8, 4) is 0 Å². The smallest absolute Gasteiger partial charge is 0.306 e. The van der Waals surface area contributed by atoms with Gasteiger partial charge in [-0.05, 0) is 50.0 Å². The third-order valence-electron chi connectivity index (χ3n) is 5.82. The summed E-state index contributed by atoms with van der Waals surface area (Å²) >= 11 is 0. The molecule has 2 N–H and O–H groups in total. The van der Waals surface area contributed by atoms with Crippen LogP contribution in [0, 0.1) is 16.7 Å². The van der Waals surface area contributed by atoms with Gasteiger partial charge in [-0.25, -0.2) is 0 Å². The molecule has 3 unspecified atom stereocenters. The van der Waals surface area contributed by atoms with Crippen molar-refractivity contribution in [2.45, 2.75) is 65.4 Å². The van der Waals surface area contributed by atoms with E-state index in [1.807, 2.05) is 0 Å². The summed E-state index contributed by atoms with van der Waals surface area (Å²) in [4.78, 5) is 11.8. The summed E-state index contributed by atoms with van der Waals surface area (Å²) in [5.41, 5.74) is 5.93. The molecule has 0 aliphatic heterocycles. The van der Waals surface area contributed by atoms with Crippen molar-refractivity contribution in [3.05, 3.63) is 0 Å². The van der Waals surface area contributed by atoms with Gasteiger partial charge in [0.1, 0.15) is 6.10 Å². The molecule has 2 rings (SSSR count). The maximum absolute atomic E-state index is 11.8. The second kappa shape index (κ2) is 4.84. The molecule has 0 aromatic carbocycles. The lowest BCUT2D eigenvalue weighted by Gasteiger charge is -2.38. The topological polar surface area (TPSA) is 52.3 Å². The average molecular weight is 253 g/mol. The van der Waals surface area contributed by atoms with Crippen LogP contribution >= 0.6 is 0 Å². The number of fused-ring (bicyclic) bond motifs is 2. The van der Waals surface area contributed by atoms with E-state index in [2.05, 4.69) is 20.8 Å². The van der Waals surface area contributed by atoms with Gasteiger partial charge in [-0.2, -0.15) is 0 Å². The molecule has 3 nitrogen and oxygen atoms in total. The van der Waals surface area contributed by atoms with Crippen molar-refractivity contribution in [3.63, 3.8) is 0 Å². The molecule has 2 saturated carbocycles. The lowest BCUT2D eigenvalue weighted by molar-refractivity contribution is -0.157. The highest BCUT2D eigenvalue weighted by Crippen LogP contribution is 2.66. The highest BCUT2D eigenvalue weighted by atomic mass is 16.5. The van der Waals surface area contributed by atoms with Gasteiger partial charge < -0.3 is 10.5 Å². The molecule has 2 fully saturated rings. The van der Waals surface area contributed by atoms with Crippen molar-refractivity contribution in [2.75, 3.05) is 6.54 Å². The maximum Gasteiger partial charge on any atom is 0.306 e. The molecule has 104 valence electrons. The number of carbonyl (C=O) groups excluding carboxylic acids is 1. The normalized spacial score (nSPS) is 36.9. The van der Waals surface area contributed by atoms with E-state index in [4.69, 9.17) is 10.5 Å². The van der Waals surface area contributed by atoms with Gasteiger partial charge in [-0.15, -0.1) is 0 Å². The number of hydrogen-bond acceptors (Lipinski definition) is 3. The Hall–Kier alpha value is -0.570. The van der Waals surface area contributed by atoms with Crippen LogP contribution in [0.3, 0.4) is 0 Å². The monoisotopic (exact) mass is 253 g/mol. The molecule has 3 atom stereocenters. The van der Waals surface area contributed by atoms with Gasteiger partial charge in [0, 0.05) is 11.8 Å². The van der Waals surface area contributed by atoms with Crippen molar-refractivity contribution >= 4 is 5.97 Å². The number of hydrogen-bond donors (Lipinski definition) is 1. The molecule has 18 heavy (non-hydrogen) atoms. The van der Waals surface area contributed by atoms with Crippen molar-refractivity contribution in [1.82, 2.24) is 0 Å². The molecule has 0 aromatic heterocycles.